The molecule has 1 N–H and O–H groups in total. The topological polar surface area (TPSA) is 57.6 Å². The number of carbonyl (C=O) groups excluding carboxylic acids is 1. The molecule has 1 aliphatic heterocycles. The summed E-state index contributed by atoms with van der Waals surface area (Å²) in [5.74, 6) is -1.33. The first-order chi connectivity index (χ1) is 8.47. The molecule has 1 heterocycles. The SMILES string of the molecule is Cc1cc(F)ccc1C(=O)N1CC(CC(=O)O)C1. The molecular weight excluding hydrogens is 237 g/mol. The van der Waals surface area contributed by atoms with E-state index in [0.717, 1.165) is 0 Å². The third kappa shape index (κ3) is 2.50. The Labute approximate surface area is 104 Å². The summed E-state index contributed by atoms with van der Waals surface area (Å²) in [5, 5.41) is 8.62. The Morgan fingerprint density at radius 2 is 2.11 bits per heavy atom. The summed E-state index contributed by atoms with van der Waals surface area (Å²) in [5.41, 5.74) is 1.08. The molecular formula is C13H14FNO3. The number of benzene rings is 1. The first kappa shape index (κ1) is 12.5. The molecule has 4 nitrogen and oxygen atoms in total. The van der Waals surface area contributed by atoms with Gasteiger partial charge in [0.25, 0.3) is 5.91 Å². The molecule has 0 aliphatic carbocycles. The third-order valence-corrected chi connectivity index (χ3v) is 3.13. The van der Waals surface area contributed by atoms with E-state index < -0.39 is 5.97 Å². The number of rotatable bonds is 3. The fraction of sp³-hybridized carbons (Fsp3) is 0.385. The van der Waals surface area contributed by atoms with Crippen LogP contribution in [-0.4, -0.2) is 35.0 Å². The van der Waals surface area contributed by atoms with Crippen LogP contribution in [0.1, 0.15) is 22.3 Å². The van der Waals surface area contributed by atoms with Crippen molar-refractivity contribution < 1.29 is 19.1 Å². The number of halogens is 1. The fourth-order valence-electron chi connectivity index (χ4n) is 2.15. The van der Waals surface area contributed by atoms with E-state index in [1.807, 2.05) is 0 Å². The van der Waals surface area contributed by atoms with E-state index in [-0.39, 0.29) is 24.1 Å². The van der Waals surface area contributed by atoms with Gasteiger partial charge in [0.05, 0.1) is 6.42 Å². The zero-order chi connectivity index (χ0) is 13.3. The van der Waals surface area contributed by atoms with Crippen molar-refractivity contribution in [2.45, 2.75) is 13.3 Å². The monoisotopic (exact) mass is 251 g/mol. The fourth-order valence-corrected chi connectivity index (χ4v) is 2.15. The minimum absolute atomic E-state index is 0.0344. The molecule has 0 unspecified atom stereocenters. The average Bonchev–Trinajstić information content (AvgIpc) is 2.21. The molecule has 96 valence electrons. The van der Waals surface area contributed by atoms with Gasteiger partial charge < -0.3 is 10.0 Å². The smallest absolute Gasteiger partial charge is 0.303 e. The number of hydrogen-bond donors (Lipinski definition) is 1. The minimum Gasteiger partial charge on any atom is -0.481 e. The Morgan fingerprint density at radius 3 is 2.67 bits per heavy atom. The minimum atomic E-state index is -0.843. The summed E-state index contributed by atoms with van der Waals surface area (Å²) >= 11 is 0. The van der Waals surface area contributed by atoms with E-state index in [2.05, 4.69) is 0 Å². The van der Waals surface area contributed by atoms with Gasteiger partial charge in [0.15, 0.2) is 0 Å². The molecule has 0 aromatic heterocycles. The van der Waals surface area contributed by atoms with E-state index in [1.165, 1.54) is 18.2 Å². The second kappa shape index (κ2) is 4.76. The summed E-state index contributed by atoms with van der Waals surface area (Å²) in [6.07, 6.45) is 0.0895. The van der Waals surface area contributed by atoms with Crippen molar-refractivity contribution >= 4 is 11.9 Å². The molecule has 1 aliphatic rings. The molecule has 0 bridgehead atoms. The summed E-state index contributed by atoms with van der Waals surface area (Å²) in [6, 6.07) is 4.05. The van der Waals surface area contributed by atoms with Gasteiger partial charge in [-0.2, -0.15) is 0 Å². The van der Waals surface area contributed by atoms with Crippen LogP contribution in [0.15, 0.2) is 18.2 Å². The predicted molar refractivity (Wildman–Crippen MR) is 62.8 cm³/mol. The van der Waals surface area contributed by atoms with Crippen LogP contribution in [0.4, 0.5) is 4.39 Å². The molecule has 0 saturated carbocycles. The standard InChI is InChI=1S/C13H14FNO3/c1-8-4-10(14)2-3-11(8)13(18)15-6-9(7-15)5-12(16)17/h2-4,9H,5-7H2,1H3,(H,16,17). The van der Waals surface area contributed by atoms with Gasteiger partial charge in [-0.25, -0.2) is 4.39 Å². The number of hydrogen-bond acceptors (Lipinski definition) is 2. The van der Waals surface area contributed by atoms with Crippen LogP contribution in [0.5, 0.6) is 0 Å². The van der Waals surface area contributed by atoms with E-state index in [0.29, 0.717) is 24.2 Å². The van der Waals surface area contributed by atoms with E-state index in [1.54, 1.807) is 11.8 Å². The lowest BCUT2D eigenvalue weighted by atomic mass is 9.95. The van der Waals surface area contributed by atoms with Gasteiger partial charge in [-0.05, 0) is 30.7 Å². The first-order valence-corrected chi connectivity index (χ1v) is 5.74. The quantitative estimate of drug-likeness (QED) is 0.889. The summed E-state index contributed by atoms with van der Waals surface area (Å²) in [6.45, 7) is 2.61. The molecule has 1 saturated heterocycles. The van der Waals surface area contributed by atoms with E-state index >= 15 is 0 Å². The molecule has 1 aromatic carbocycles. The van der Waals surface area contributed by atoms with Crippen molar-refractivity contribution in [2.24, 2.45) is 5.92 Å². The lowest BCUT2D eigenvalue weighted by Crippen LogP contribution is -2.50. The highest BCUT2D eigenvalue weighted by atomic mass is 19.1. The number of carboxylic acid groups (broad SMARTS) is 1. The number of carboxylic acids is 1. The summed E-state index contributed by atoms with van der Waals surface area (Å²) < 4.78 is 12.9. The molecule has 2 rings (SSSR count). The normalized spacial score (nSPS) is 15.3. The zero-order valence-electron chi connectivity index (χ0n) is 10.0. The maximum atomic E-state index is 12.9. The van der Waals surface area contributed by atoms with Crippen LogP contribution >= 0.6 is 0 Å². The van der Waals surface area contributed by atoms with Gasteiger partial charge in [-0.15, -0.1) is 0 Å². The van der Waals surface area contributed by atoms with Crippen LogP contribution in [0.2, 0.25) is 0 Å². The van der Waals surface area contributed by atoms with E-state index in [9.17, 15) is 14.0 Å². The Hall–Kier alpha value is -1.91. The number of nitrogens with zero attached hydrogens (tertiary/aromatic N) is 1. The van der Waals surface area contributed by atoms with Crippen LogP contribution in [0.3, 0.4) is 0 Å². The maximum absolute atomic E-state index is 12.9. The third-order valence-electron chi connectivity index (χ3n) is 3.13. The molecule has 5 heteroatoms. The Bertz CT molecular complexity index is 495. The maximum Gasteiger partial charge on any atom is 0.303 e. The molecule has 1 amide bonds. The van der Waals surface area contributed by atoms with Crippen molar-refractivity contribution in [1.82, 2.24) is 4.90 Å². The second-order valence-electron chi connectivity index (χ2n) is 4.63. The zero-order valence-corrected chi connectivity index (χ0v) is 10.0. The lowest BCUT2D eigenvalue weighted by molar-refractivity contribution is -0.139. The summed E-state index contributed by atoms with van der Waals surface area (Å²) in [7, 11) is 0. The highest BCUT2D eigenvalue weighted by molar-refractivity contribution is 5.96. The predicted octanol–water partition coefficient (Wildman–Crippen LogP) is 1.68. The van der Waals surface area contributed by atoms with Gasteiger partial charge in [0.2, 0.25) is 0 Å². The van der Waals surface area contributed by atoms with Gasteiger partial charge in [0.1, 0.15) is 5.82 Å². The summed E-state index contributed by atoms with van der Waals surface area (Å²) in [4.78, 5) is 24.1. The molecule has 1 aromatic rings. The number of likely N-dealkylation sites (tertiary alicyclic amines) is 1. The molecule has 0 radical (unpaired) electrons. The van der Waals surface area contributed by atoms with Crippen LogP contribution < -0.4 is 0 Å². The number of aryl methyl sites for hydroxylation is 1. The van der Waals surface area contributed by atoms with Gasteiger partial charge in [0, 0.05) is 24.6 Å². The number of carbonyl (C=O) groups is 2. The van der Waals surface area contributed by atoms with Gasteiger partial charge in [-0.1, -0.05) is 0 Å². The van der Waals surface area contributed by atoms with Crippen molar-refractivity contribution in [3.8, 4) is 0 Å². The molecule has 0 spiro atoms. The Morgan fingerprint density at radius 1 is 1.44 bits per heavy atom. The second-order valence-corrected chi connectivity index (χ2v) is 4.63. The lowest BCUT2D eigenvalue weighted by Gasteiger charge is -2.38. The number of aliphatic carboxylic acids is 1. The molecule has 1 fully saturated rings. The van der Waals surface area contributed by atoms with Crippen molar-refractivity contribution in [1.29, 1.82) is 0 Å². The number of amides is 1. The Kier molecular flexibility index (Phi) is 3.32. The van der Waals surface area contributed by atoms with Crippen LogP contribution in [-0.2, 0) is 4.79 Å². The first-order valence-electron chi connectivity index (χ1n) is 5.74. The van der Waals surface area contributed by atoms with E-state index in [4.69, 9.17) is 5.11 Å². The Balaban J connectivity index is 1.99. The van der Waals surface area contributed by atoms with Gasteiger partial charge in [-0.3, -0.25) is 9.59 Å². The molecule has 18 heavy (non-hydrogen) atoms. The molecule has 0 atom stereocenters. The van der Waals surface area contributed by atoms with Crippen molar-refractivity contribution in [3.63, 3.8) is 0 Å². The highest BCUT2D eigenvalue weighted by Gasteiger charge is 2.32. The highest BCUT2D eigenvalue weighted by Crippen LogP contribution is 2.22. The van der Waals surface area contributed by atoms with Crippen LogP contribution in [0.25, 0.3) is 0 Å². The largest absolute Gasteiger partial charge is 0.481 e. The van der Waals surface area contributed by atoms with Crippen LogP contribution in [0, 0.1) is 18.7 Å². The van der Waals surface area contributed by atoms with Crippen molar-refractivity contribution in [3.05, 3.63) is 35.1 Å². The van der Waals surface area contributed by atoms with Crippen molar-refractivity contribution in [2.75, 3.05) is 13.1 Å². The van der Waals surface area contributed by atoms with Gasteiger partial charge >= 0.3 is 5.97 Å². The average molecular weight is 251 g/mol.